The van der Waals surface area contributed by atoms with Crippen LogP contribution < -0.4 is 5.73 Å². The predicted octanol–water partition coefficient (Wildman–Crippen LogP) is 3.37. The van der Waals surface area contributed by atoms with E-state index in [1.807, 2.05) is 24.3 Å². The van der Waals surface area contributed by atoms with Gasteiger partial charge in [0, 0.05) is 10.6 Å². The van der Waals surface area contributed by atoms with E-state index in [1.54, 1.807) is 0 Å². The van der Waals surface area contributed by atoms with Gasteiger partial charge in [-0.15, -0.1) is 0 Å². The first kappa shape index (κ1) is 13.5. The number of nitrogens with two attached hydrogens (primary N) is 1. The minimum Gasteiger partial charge on any atom is -0.375 e. The van der Waals surface area contributed by atoms with E-state index >= 15 is 0 Å². The van der Waals surface area contributed by atoms with E-state index in [9.17, 15) is 0 Å². The summed E-state index contributed by atoms with van der Waals surface area (Å²) < 4.78 is 5.64. The molecule has 0 fully saturated rings. The molecular weight excluding hydrogens is 222 g/mol. The zero-order valence-corrected chi connectivity index (χ0v) is 10.8. The van der Waals surface area contributed by atoms with Gasteiger partial charge in [0.05, 0.1) is 13.2 Å². The lowest BCUT2D eigenvalue weighted by molar-refractivity contribution is 0.0696. The Balaban J connectivity index is 2.38. The molecule has 1 aromatic carbocycles. The van der Waals surface area contributed by atoms with Gasteiger partial charge in [-0.1, -0.05) is 37.6 Å². The molecule has 0 aliphatic carbocycles. The first-order valence-corrected chi connectivity index (χ1v) is 6.08. The molecule has 0 aliphatic rings. The molecule has 0 saturated carbocycles. The first-order chi connectivity index (χ1) is 7.59. The third kappa shape index (κ3) is 4.12. The highest BCUT2D eigenvalue weighted by atomic mass is 35.5. The summed E-state index contributed by atoms with van der Waals surface area (Å²) in [5.74, 6) is 0. The summed E-state index contributed by atoms with van der Waals surface area (Å²) in [6.45, 7) is 5.38. The molecular formula is C13H20ClNO. The summed E-state index contributed by atoms with van der Waals surface area (Å²) in [7, 11) is 0. The number of rotatable bonds is 6. The summed E-state index contributed by atoms with van der Waals surface area (Å²) in [6, 6.07) is 7.68. The van der Waals surface area contributed by atoms with Gasteiger partial charge >= 0.3 is 0 Å². The normalized spacial score (nSPS) is 11.8. The molecule has 0 unspecified atom stereocenters. The summed E-state index contributed by atoms with van der Waals surface area (Å²) in [4.78, 5) is 0. The minimum atomic E-state index is -0.188. The average molecular weight is 242 g/mol. The van der Waals surface area contributed by atoms with Gasteiger partial charge in [0.15, 0.2) is 0 Å². The quantitative estimate of drug-likeness (QED) is 0.829. The van der Waals surface area contributed by atoms with Crippen LogP contribution >= 0.6 is 11.6 Å². The van der Waals surface area contributed by atoms with Crippen molar-refractivity contribution >= 4 is 11.6 Å². The smallest absolute Gasteiger partial charge is 0.0717 e. The Morgan fingerprint density at radius 3 is 2.25 bits per heavy atom. The van der Waals surface area contributed by atoms with Gasteiger partial charge in [0.25, 0.3) is 0 Å². The second kappa shape index (κ2) is 6.24. The van der Waals surface area contributed by atoms with Crippen LogP contribution in [0.25, 0.3) is 0 Å². The van der Waals surface area contributed by atoms with Gasteiger partial charge in [0.2, 0.25) is 0 Å². The highest BCUT2D eigenvalue weighted by Gasteiger charge is 2.19. The molecule has 2 nitrogen and oxygen atoms in total. The van der Waals surface area contributed by atoms with Crippen molar-refractivity contribution in [2.45, 2.75) is 38.8 Å². The van der Waals surface area contributed by atoms with E-state index in [4.69, 9.17) is 22.1 Å². The van der Waals surface area contributed by atoms with Crippen LogP contribution in [0.1, 0.15) is 32.3 Å². The van der Waals surface area contributed by atoms with Crippen LogP contribution in [-0.2, 0) is 11.3 Å². The van der Waals surface area contributed by atoms with Gasteiger partial charge < -0.3 is 10.5 Å². The summed E-state index contributed by atoms with van der Waals surface area (Å²) in [5, 5.41) is 0.749. The van der Waals surface area contributed by atoms with Crippen molar-refractivity contribution in [2.75, 3.05) is 6.61 Å². The molecule has 0 aromatic heterocycles. The van der Waals surface area contributed by atoms with E-state index in [0.717, 1.165) is 23.4 Å². The summed E-state index contributed by atoms with van der Waals surface area (Å²) in [5.41, 5.74) is 7.07. The van der Waals surface area contributed by atoms with Crippen LogP contribution in [-0.4, -0.2) is 12.1 Å². The lowest BCUT2D eigenvalue weighted by Gasteiger charge is -2.26. The Morgan fingerprint density at radius 1 is 1.19 bits per heavy atom. The molecule has 90 valence electrons. The molecule has 2 N–H and O–H groups in total. The lowest BCUT2D eigenvalue weighted by Crippen LogP contribution is -2.43. The Kier molecular flexibility index (Phi) is 5.26. The van der Waals surface area contributed by atoms with Crippen molar-refractivity contribution in [3.05, 3.63) is 34.9 Å². The molecule has 16 heavy (non-hydrogen) atoms. The molecule has 0 atom stereocenters. The zero-order chi connectivity index (χ0) is 12.0. The topological polar surface area (TPSA) is 35.2 Å². The standard InChI is InChI=1S/C13H20ClNO/c1-3-13(15,4-2)10-16-9-11-5-7-12(14)8-6-11/h5-8H,3-4,9-10,15H2,1-2H3. The molecule has 1 aromatic rings. The molecule has 0 aliphatic heterocycles. The highest BCUT2D eigenvalue weighted by molar-refractivity contribution is 6.30. The van der Waals surface area contributed by atoms with Crippen molar-refractivity contribution in [3.63, 3.8) is 0 Å². The maximum Gasteiger partial charge on any atom is 0.0717 e. The number of hydrogen-bond acceptors (Lipinski definition) is 2. The van der Waals surface area contributed by atoms with Crippen LogP contribution in [0.4, 0.5) is 0 Å². The van der Waals surface area contributed by atoms with Gasteiger partial charge in [-0.3, -0.25) is 0 Å². The van der Waals surface area contributed by atoms with Gasteiger partial charge in [-0.2, -0.15) is 0 Å². The predicted molar refractivity (Wildman–Crippen MR) is 68.6 cm³/mol. The van der Waals surface area contributed by atoms with E-state index in [1.165, 1.54) is 0 Å². The van der Waals surface area contributed by atoms with Crippen molar-refractivity contribution in [1.29, 1.82) is 0 Å². The monoisotopic (exact) mass is 241 g/mol. The maximum absolute atomic E-state index is 6.14. The van der Waals surface area contributed by atoms with Crippen LogP contribution in [0.3, 0.4) is 0 Å². The second-order valence-corrected chi connectivity index (χ2v) is 4.63. The highest BCUT2D eigenvalue weighted by Crippen LogP contribution is 2.14. The molecule has 1 rings (SSSR count). The number of ether oxygens (including phenoxy) is 1. The third-order valence-electron chi connectivity index (χ3n) is 2.98. The molecule has 0 spiro atoms. The Hall–Kier alpha value is -0.570. The molecule has 0 amide bonds. The molecule has 0 saturated heterocycles. The van der Waals surface area contributed by atoms with E-state index in [-0.39, 0.29) is 5.54 Å². The maximum atomic E-state index is 6.14. The fourth-order valence-electron chi connectivity index (χ4n) is 1.41. The summed E-state index contributed by atoms with van der Waals surface area (Å²) >= 11 is 5.80. The van der Waals surface area contributed by atoms with Gasteiger partial charge in [-0.25, -0.2) is 0 Å². The van der Waals surface area contributed by atoms with Crippen LogP contribution in [0.5, 0.6) is 0 Å². The molecule has 3 heteroatoms. The minimum absolute atomic E-state index is 0.188. The number of halogens is 1. The second-order valence-electron chi connectivity index (χ2n) is 4.19. The van der Waals surface area contributed by atoms with Crippen molar-refractivity contribution in [1.82, 2.24) is 0 Å². The number of benzene rings is 1. The van der Waals surface area contributed by atoms with Gasteiger partial charge in [0.1, 0.15) is 0 Å². The molecule has 0 heterocycles. The average Bonchev–Trinajstić information content (AvgIpc) is 2.31. The van der Waals surface area contributed by atoms with E-state index < -0.39 is 0 Å². The summed E-state index contributed by atoms with van der Waals surface area (Å²) in [6.07, 6.45) is 1.87. The Labute approximate surface area is 103 Å². The Bertz CT molecular complexity index is 306. The van der Waals surface area contributed by atoms with Crippen molar-refractivity contribution < 1.29 is 4.74 Å². The zero-order valence-electron chi connectivity index (χ0n) is 10.0. The third-order valence-corrected chi connectivity index (χ3v) is 3.23. The van der Waals surface area contributed by atoms with Crippen LogP contribution in [0, 0.1) is 0 Å². The largest absolute Gasteiger partial charge is 0.375 e. The fourth-order valence-corrected chi connectivity index (χ4v) is 1.53. The van der Waals surface area contributed by atoms with Crippen molar-refractivity contribution in [3.8, 4) is 0 Å². The number of hydrogen-bond donors (Lipinski definition) is 1. The van der Waals surface area contributed by atoms with Gasteiger partial charge in [-0.05, 0) is 30.5 Å². The fraction of sp³-hybridized carbons (Fsp3) is 0.538. The van der Waals surface area contributed by atoms with Crippen LogP contribution in [0.15, 0.2) is 24.3 Å². The lowest BCUT2D eigenvalue weighted by atomic mass is 9.96. The SMILES string of the molecule is CCC(N)(CC)COCc1ccc(Cl)cc1. The van der Waals surface area contributed by atoms with E-state index in [0.29, 0.717) is 13.2 Å². The molecule has 0 bridgehead atoms. The first-order valence-electron chi connectivity index (χ1n) is 5.70. The molecule has 0 radical (unpaired) electrons. The van der Waals surface area contributed by atoms with Crippen molar-refractivity contribution in [2.24, 2.45) is 5.73 Å². The van der Waals surface area contributed by atoms with Crippen LogP contribution in [0.2, 0.25) is 5.02 Å². The van der Waals surface area contributed by atoms with E-state index in [2.05, 4.69) is 13.8 Å². The Morgan fingerprint density at radius 2 is 1.75 bits per heavy atom.